The van der Waals surface area contributed by atoms with Gasteiger partial charge in [-0.05, 0) is 39.0 Å². The fourth-order valence-corrected chi connectivity index (χ4v) is 3.97. The Morgan fingerprint density at radius 2 is 1.56 bits per heavy atom. The average molecular weight is 429 g/mol. The number of hydrogen-bond donors (Lipinski definition) is 0. The van der Waals surface area contributed by atoms with E-state index in [2.05, 4.69) is 29.8 Å². The van der Waals surface area contributed by atoms with Crippen molar-refractivity contribution in [3.63, 3.8) is 0 Å². The molecule has 0 unspecified atom stereocenters. The van der Waals surface area contributed by atoms with E-state index in [-0.39, 0.29) is 5.91 Å². The Kier molecular flexibility index (Phi) is 5.01. The lowest BCUT2D eigenvalue weighted by Gasteiger charge is -2.35. The van der Waals surface area contributed by atoms with E-state index in [4.69, 9.17) is 0 Å². The monoisotopic (exact) mass is 428 g/mol. The molecule has 0 N–H and O–H groups in total. The summed E-state index contributed by atoms with van der Waals surface area (Å²) in [5, 5.41) is 0. The van der Waals surface area contributed by atoms with Crippen LogP contribution in [-0.4, -0.2) is 66.5 Å². The molecule has 1 aromatic carbocycles. The first kappa shape index (κ1) is 20.0. The first-order valence-corrected chi connectivity index (χ1v) is 10.6. The third-order valence-electron chi connectivity index (χ3n) is 5.92. The minimum Gasteiger partial charge on any atom is -0.353 e. The molecule has 0 radical (unpaired) electrons. The van der Waals surface area contributed by atoms with Crippen molar-refractivity contribution < 1.29 is 4.79 Å². The van der Waals surface area contributed by atoms with Crippen molar-refractivity contribution >= 4 is 22.8 Å². The third-order valence-corrected chi connectivity index (χ3v) is 5.92. The van der Waals surface area contributed by atoms with Gasteiger partial charge in [-0.1, -0.05) is 0 Å². The lowest BCUT2D eigenvalue weighted by molar-refractivity contribution is 0.0746. The van der Waals surface area contributed by atoms with Gasteiger partial charge in [-0.25, -0.2) is 15.0 Å². The van der Waals surface area contributed by atoms with Gasteiger partial charge in [-0.2, -0.15) is 0 Å². The topological polar surface area (TPSA) is 92.9 Å². The Morgan fingerprint density at radius 1 is 0.844 bits per heavy atom. The van der Waals surface area contributed by atoms with Gasteiger partial charge in [0.2, 0.25) is 0 Å². The van der Waals surface area contributed by atoms with E-state index in [1.807, 2.05) is 54.5 Å². The maximum Gasteiger partial charge on any atom is 0.254 e. The number of hydrogen-bond acceptors (Lipinski definition) is 7. The van der Waals surface area contributed by atoms with Gasteiger partial charge in [0.1, 0.15) is 23.8 Å². The second kappa shape index (κ2) is 7.99. The number of rotatable bonds is 3. The van der Waals surface area contributed by atoms with Crippen LogP contribution in [0.5, 0.6) is 0 Å². The number of anilines is 1. The maximum atomic E-state index is 13.0. The normalized spacial score (nSPS) is 14.2. The molecule has 0 saturated carbocycles. The van der Waals surface area contributed by atoms with Crippen molar-refractivity contribution in [1.29, 1.82) is 0 Å². The molecule has 4 aromatic rings. The molecular weight excluding hydrogens is 404 g/mol. The number of imidazole rings is 1. The van der Waals surface area contributed by atoms with Crippen molar-refractivity contribution in [3.05, 3.63) is 65.8 Å². The van der Waals surface area contributed by atoms with Gasteiger partial charge in [0.05, 0.1) is 16.7 Å². The van der Waals surface area contributed by atoms with Crippen molar-refractivity contribution in [2.45, 2.75) is 20.8 Å². The fourth-order valence-electron chi connectivity index (χ4n) is 3.97. The van der Waals surface area contributed by atoms with Crippen LogP contribution in [0.4, 0.5) is 5.82 Å². The lowest BCUT2D eigenvalue weighted by Crippen LogP contribution is -2.49. The molecule has 1 aliphatic rings. The second-order valence-electron chi connectivity index (χ2n) is 7.96. The second-order valence-corrected chi connectivity index (χ2v) is 7.96. The van der Waals surface area contributed by atoms with E-state index < -0.39 is 0 Å². The van der Waals surface area contributed by atoms with Gasteiger partial charge in [0.25, 0.3) is 5.91 Å². The molecule has 0 bridgehead atoms. The van der Waals surface area contributed by atoms with E-state index in [1.165, 1.54) is 0 Å². The van der Waals surface area contributed by atoms with Gasteiger partial charge >= 0.3 is 0 Å². The predicted molar refractivity (Wildman–Crippen MR) is 121 cm³/mol. The van der Waals surface area contributed by atoms with Crippen LogP contribution in [0.2, 0.25) is 0 Å². The number of piperazine rings is 1. The summed E-state index contributed by atoms with van der Waals surface area (Å²) in [6.45, 7) is 8.57. The molecule has 5 rings (SSSR count). The molecule has 32 heavy (non-hydrogen) atoms. The Morgan fingerprint density at radius 3 is 2.28 bits per heavy atom. The summed E-state index contributed by atoms with van der Waals surface area (Å²) in [6.07, 6.45) is 5.08. The molecule has 1 amide bonds. The van der Waals surface area contributed by atoms with Gasteiger partial charge in [-0.3, -0.25) is 19.3 Å². The predicted octanol–water partition coefficient (Wildman–Crippen LogP) is 2.49. The van der Waals surface area contributed by atoms with Gasteiger partial charge in [0, 0.05) is 55.9 Å². The number of fused-ring (bicyclic) bond motifs is 1. The maximum absolute atomic E-state index is 13.0. The van der Waals surface area contributed by atoms with Crippen molar-refractivity contribution in [2.24, 2.45) is 0 Å². The highest BCUT2D eigenvalue weighted by Crippen LogP contribution is 2.20. The smallest absolute Gasteiger partial charge is 0.254 e. The number of carbonyl (C=O) groups excluding carboxylic acids is 1. The summed E-state index contributed by atoms with van der Waals surface area (Å²) >= 11 is 0. The van der Waals surface area contributed by atoms with E-state index >= 15 is 0 Å². The van der Waals surface area contributed by atoms with Crippen LogP contribution in [0.15, 0.2) is 43.0 Å². The molecule has 3 aromatic heterocycles. The van der Waals surface area contributed by atoms with Gasteiger partial charge in [0.15, 0.2) is 0 Å². The summed E-state index contributed by atoms with van der Waals surface area (Å²) in [4.78, 5) is 39.3. The molecule has 9 heteroatoms. The highest BCUT2D eigenvalue weighted by Gasteiger charge is 2.24. The largest absolute Gasteiger partial charge is 0.353 e. The molecule has 0 spiro atoms. The molecule has 1 aliphatic heterocycles. The van der Waals surface area contributed by atoms with Crippen LogP contribution >= 0.6 is 0 Å². The average Bonchev–Trinajstić information content (AvgIpc) is 3.16. The third kappa shape index (κ3) is 3.66. The zero-order valence-corrected chi connectivity index (χ0v) is 18.4. The zero-order chi connectivity index (χ0) is 22.2. The number of aromatic nitrogens is 6. The molecular formula is C23H24N8O. The van der Waals surface area contributed by atoms with E-state index in [0.717, 1.165) is 34.1 Å². The molecule has 0 aliphatic carbocycles. The zero-order valence-electron chi connectivity index (χ0n) is 18.4. The van der Waals surface area contributed by atoms with E-state index in [1.54, 1.807) is 18.7 Å². The van der Waals surface area contributed by atoms with Crippen LogP contribution in [0, 0.1) is 20.8 Å². The first-order chi connectivity index (χ1) is 15.5. The summed E-state index contributed by atoms with van der Waals surface area (Å²) in [7, 11) is 0. The van der Waals surface area contributed by atoms with Crippen LogP contribution in [-0.2, 0) is 0 Å². The number of amides is 1. The highest BCUT2D eigenvalue weighted by atomic mass is 16.2. The van der Waals surface area contributed by atoms with Crippen LogP contribution < -0.4 is 4.90 Å². The SMILES string of the molecule is Cc1nc(N2CCN(C(=O)c3ccc4nccnc4c3)CC2)cc(-n2cnc(C)c2C)n1. The Balaban J connectivity index is 1.32. The van der Waals surface area contributed by atoms with Crippen molar-refractivity contribution in [1.82, 2.24) is 34.4 Å². The molecule has 9 nitrogen and oxygen atoms in total. The number of benzene rings is 1. The Bertz CT molecular complexity index is 1310. The standard InChI is InChI=1S/C23H24N8O/c1-15-16(2)31(14-26-15)22-13-21(27-17(3)28-22)29-8-10-30(11-9-29)23(32)18-4-5-19-20(12-18)25-7-6-24-19/h4-7,12-14H,8-11H2,1-3H3. The summed E-state index contributed by atoms with van der Waals surface area (Å²) in [5.41, 5.74) is 4.19. The number of nitrogens with zero attached hydrogens (tertiary/aromatic N) is 8. The Hall–Kier alpha value is -3.88. The molecule has 4 heterocycles. The van der Waals surface area contributed by atoms with Crippen molar-refractivity contribution in [3.8, 4) is 5.82 Å². The fraction of sp³-hybridized carbons (Fsp3) is 0.304. The molecule has 1 fully saturated rings. The lowest BCUT2D eigenvalue weighted by atomic mass is 10.1. The minimum atomic E-state index is 0.0151. The molecule has 0 atom stereocenters. The highest BCUT2D eigenvalue weighted by molar-refractivity contribution is 5.97. The summed E-state index contributed by atoms with van der Waals surface area (Å²) < 4.78 is 1.98. The summed E-state index contributed by atoms with van der Waals surface area (Å²) in [5.74, 6) is 2.40. The number of carbonyl (C=O) groups is 1. The van der Waals surface area contributed by atoms with Crippen LogP contribution in [0.3, 0.4) is 0 Å². The minimum absolute atomic E-state index is 0.0151. The van der Waals surface area contributed by atoms with Crippen molar-refractivity contribution in [2.75, 3.05) is 31.1 Å². The van der Waals surface area contributed by atoms with E-state index in [0.29, 0.717) is 37.6 Å². The van der Waals surface area contributed by atoms with Crippen LogP contribution in [0.25, 0.3) is 16.9 Å². The Labute approximate surface area is 185 Å². The first-order valence-electron chi connectivity index (χ1n) is 10.6. The number of aryl methyl sites for hydroxylation is 2. The van der Waals surface area contributed by atoms with Gasteiger partial charge < -0.3 is 9.80 Å². The van der Waals surface area contributed by atoms with Gasteiger partial charge in [-0.15, -0.1) is 0 Å². The van der Waals surface area contributed by atoms with E-state index in [9.17, 15) is 4.79 Å². The molecule has 1 saturated heterocycles. The quantitative estimate of drug-likeness (QED) is 0.495. The van der Waals surface area contributed by atoms with Crippen LogP contribution in [0.1, 0.15) is 27.6 Å². The summed E-state index contributed by atoms with van der Waals surface area (Å²) in [6, 6.07) is 7.46. The molecule has 162 valence electrons.